The number of rotatable bonds is 6. The molecule has 4 nitrogen and oxygen atoms in total. The molecule has 0 radical (unpaired) electrons. The number of carbonyl (C=O) groups excluding carboxylic acids is 2. The molecule has 188 valence electrons. The van der Waals surface area contributed by atoms with Crippen LogP contribution in [0.15, 0.2) is 72.8 Å². The van der Waals surface area contributed by atoms with Gasteiger partial charge in [0.25, 0.3) is 0 Å². The molecule has 0 bridgehead atoms. The second-order valence-electron chi connectivity index (χ2n) is 9.12. The second kappa shape index (κ2) is 11.0. The molecule has 4 rings (SSSR count). The summed E-state index contributed by atoms with van der Waals surface area (Å²) < 4.78 is 50.9. The summed E-state index contributed by atoms with van der Waals surface area (Å²) in [5.41, 5.74) is 3.44. The van der Waals surface area contributed by atoms with Crippen LogP contribution in [0.5, 0.6) is 5.75 Å². The number of ether oxygens (including phenoxy) is 2. The number of esters is 2. The van der Waals surface area contributed by atoms with Gasteiger partial charge in [-0.3, -0.25) is 0 Å². The van der Waals surface area contributed by atoms with Crippen molar-refractivity contribution in [1.29, 1.82) is 0 Å². The fraction of sp³-hybridized carbons (Fsp3) is 0.310. The van der Waals surface area contributed by atoms with Crippen molar-refractivity contribution in [2.24, 2.45) is 5.92 Å². The van der Waals surface area contributed by atoms with Crippen LogP contribution in [-0.2, 0) is 4.74 Å². The quantitative estimate of drug-likeness (QED) is 0.261. The Kier molecular flexibility index (Phi) is 7.77. The Morgan fingerprint density at radius 1 is 0.750 bits per heavy atom. The molecule has 7 heteroatoms. The predicted molar refractivity (Wildman–Crippen MR) is 130 cm³/mol. The maximum absolute atomic E-state index is 13.6. The first-order valence-electron chi connectivity index (χ1n) is 12.0. The van der Waals surface area contributed by atoms with E-state index in [1.807, 2.05) is 43.3 Å². The van der Waals surface area contributed by atoms with E-state index in [2.05, 4.69) is 0 Å². The van der Waals surface area contributed by atoms with Crippen LogP contribution in [0.4, 0.5) is 13.2 Å². The molecule has 0 aliphatic heterocycles. The van der Waals surface area contributed by atoms with Gasteiger partial charge in [-0.15, -0.1) is 0 Å². The first-order valence-corrected chi connectivity index (χ1v) is 12.0. The number of alkyl halides is 3. The van der Waals surface area contributed by atoms with Crippen LogP contribution >= 0.6 is 0 Å². The second-order valence-corrected chi connectivity index (χ2v) is 9.12. The SMILES string of the molecule is Cc1ccc(-c2ccc(C(=O)Oc3ccc(C(=O)OC(C4CCCCC4)C(F)(F)F)cc3)cc2)cc1. The maximum Gasteiger partial charge on any atom is 0.425 e. The van der Waals surface area contributed by atoms with Gasteiger partial charge in [0.15, 0.2) is 6.10 Å². The third-order valence-corrected chi connectivity index (χ3v) is 6.44. The van der Waals surface area contributed by atoms with Crippen LogP contribution in [0.2, 0.25) is 0 Å². The molecule has 0 spiro atoms. The van der Waals surface area contributed by atoms with E-state index in [4.69, 9.17) is 9.47 Å². The lowest BCUT2D eigenvalue weighted by Gasteiger charge is -2.31. The van der Waals surface area contributed by atoms with E-state index in [-0.39, 0.29) is 11.3 Å². The summed E-state index contributed by atoms with van der Waals surface area (Å²) in [6.07, 6.45) is -3.68. The molecule has 0 N–H and O–H groups in total. The van der Waals surface area contributed by atoms with Gasteiger partial charge >= 0.3 is 18.1 Å². The Bertz CT molecular complexity index is 1180. The number of hydrogen-bond donors (Lipinski definition) is 0. The zero-order valence-corrected chi connectivity index (χ0v) is 19.9. The summed E-state index contributed by atoms with van der Waals surface area (Å²) in [4.78, 5) is 25.0. The Labute approximate surface area is 208 Å². The molecule has 3 aromatic rings. The van der Waals surface area contributed by atoms with Gasteiger partial charge in [0.1, 0.15) is 5.75 Å². The van der Waals surface area contributed by atoms with Crippen molar-refractivity contribution >= 4 is 11.9 Å². The van der Waals surface area contributed by atoms with Crippen molar-refractivity contribution in [3.05, 3.63) is 89.5 Å². The van der Waals surface area contributed by atoms with Gasteiger partial charge in [-0.05, 0) is 67.3 Å². The summed E-state index contributed by atoms with van der Waals surface area (Å²) in [7, 11) is 0. The van der Waals surface area contributed by atoms with Crippen LogP contribution < -0.4 is 4.74 Å². The molecule has 1 unspecified atom stereocenters. The van der Waals surface area contributed by atoms with Gasteiger partial charge in [0.2, 0.25) is 0 Å². The fourth-order valence-electron chi connectivity index (χ4n) is 4.42. The van der Waals surface area contributed by atoms with Crippen molar-refractivity contribution in [3.8, 4) is 16.9 Å². The van der Waals surface area contributed by atoms with Crippen LogP contribution in [0, 0.1) is 12.8 Å². The van der Waals surface area contributed by atoms with E-state index in [0.29, 0.717) is 31.2 Å². The molecule has 1 aliphatic carbocycles. The lowest BCUT2D eigenvalue weighted by molar-refractivity contribution is -0.222. The minimum atomic E-state index is -4.62. The van der Waals surface area contributed by atoms with Gasteiger partial charge in [0.05, 0.1) is 11.1 Å². The normalized spacial score (nSPS) is 15.2. The van der Waals surface area contributed by atoms with Crippen LogP contribution in [0.1, 0.15) is 58.4 Å². The summed E-state index contributed by atoms with van der Waals surface area (Å²) in [6, 6.07) is 20.3. The number of benzene rings is 3. The Morgan fingerprint density at radius 3 is 1.81 bits per heavy atom. The van der Waals surface area contributed by atoms with E-state index in [0.717, 1.165) is 23.1 Å². The number of halogens is 3. The molecule has 0 aromatic heterocycles. The smallest absolute Gasteiger partial charge is 0.425 e. The monoisotopic (exact) mass is 496 g/mol. The molecule has 1 atom stereocenters. The third kappa shape index (κ3) is 6.33. The topological polar surface area (TPSA) is 52.6 Å². The fourth-order valence-corrected chi connectivity index (χ4v) is 4.42. The zero-order valence-electron chi connectivity index (χ0n) is 19.9. The molecular formula is C29H27F3O4. The van der Waals surface area contributed by atoms with E-state index in [1.165, 1.54) is 24.3 Å². The molecule has 1 saturated carbocycles. The van der Waals surface area contributed by atoms with Crippen LogP contribution in [0.3, 0.4) is 0 Å². The predicted octanol–water partition coefficient (Wildman–Crippen LogP) is 7.55. The number of carbonyl (C=O) groups is 2. The van der Waals surface area contributed by atoms with Gasteiger partial charge in [-0.25, -0.2) is 9.59 Å². The van der Waals surface area contributed by atoms with Gasteiger partial charge in [-0.2, -0.15) is 13.2 Å². The first-order chi connectivity index (χ1) is 17.2. The van der Waals surface area contributed by atoms with E-state index >= 15 is 0 Å². The van der Waals surface area contributed by atoms with E-state index in [1.54, 1.807) is 12.1 Å². The Hall–Kier alpha value is -3.61. The average molecular weight is 497 g/mol. The first kappa shape index (κ1) is 25.5. The third-order valence-electron chi connectivity index (χ3n) is 6.44. The highest BCUT2D eigenvalue weighted by Crippen LogP contribution is 2.37. The summed E-state index contributed by atoms with van der Waals surface area (Å²) >= 11 is 0. The summed E-state index contributed by atoms with van der Waals surface area (Å²) in [6.45, 7) is 2.01. The highest BCUT2D eigenvalue weighted by atomic mass is 19.4. The van der Waals surface area contributed by atoms with E-state index in [9.17, 15) is 22.8 Å². The van der Waals surface area contributed by atoms with Crippen molar-refractivity contribution in [2.45, 2.75) is 51.3 Å². The van der Waals surface area contributed by atoms with Crippen LogP contribution in [0.25, 0.3) is 11.1 Å². The van der Waals surface area contributed by atoms with Crippen LogP contribution in [-0.4, -0.2) is 24.2 Å². The Balaban J connectivity index is 1.38. The van der Waals surface area contributed by atoms with Gasteiger partial charge in [0, 0.05) is 5.92 Å². The van der Waals surface area contributed by atoms with Crippen molar-refractivity contribution < 1.29 is 32.2 Å². The molecule has 0 heterocycles. The van der Waals surface area contributed by atoms with Gasteiger partial charge < -0.3 is 9.47 Å². The highest BCUT2D eigenvalue weighted by Gasteiger charge is 2.47. The summed E-state index contributed by atoms with van der Waals surface area (Å²) in [5, 5.41) is 0. The van der Waals surface area contributed by atoms with Gasteiger partial charge in [-0.1, -0.05) is 61.2 Å². The highest BCUT2D eigenvalue weighted by molar-refractivity contribution is 5.92. The maximum atomic E-state index is 13.6. The lowest BCUT2D eigenvalue weighted by atomic mass is 9.85. The minimum absolute atomic E-state index is 0.0395. The average Bonchev–Trinajstić information content (AvgIpc) is 2.88. The molecule has 0 saturated heterocycles. The van der Waals surface area contributed by atoms with Crippen molar-refractivity contribution in [2.75, 3.05) is 0 Å². The lowest BCUT2D eigenvalue weighted by Crippen LogP contribution is -2.41. The molecule has 0 amide bonds. The van der Waals surface area contributed by atoms with Crippen molar-refractivity contribution in [1.82, 2.24) is 0 Å². The van der Waals surface area contributed by atoms with Crippen molar-refractivity contribution in [3.63, 3.8) is 0 Å². The standard InChI is InChI=1S/C29H27F3O4/c1-19-7-9-20(10-8-19)21-11-13-23(14-12-21)27(33)35-25-17-15-24(16-18-25)28(34)36-26(29(30,31)32)22-5-3-2-4-6-22/h7-18,22,26H,2-6H2,1H3. The molecule has 1 fully saturated rings. The minimum Gasteiger partial charge on any atom is -0.449 e. The number of aryl methyl sites for hydroxylation is 1. The molecule has 1 aliphatic rings. The zero-order chi connectivity index (χ0) is 25.7. The largest absolute Gasteiger partial charge is 0.449 e. The summed E-state index contributed by atoms with van der Waals surface area (Å²) in [5.74, 6) is -2.19. The molecule has 3 aromatic carbocycles. The Morgan fingerprint density at radius 2 is 1.25 bits per heavy atom. The van der Waals surface area contributed by atoms with E-state index < -0.39 is 30.1 Å². The molecular weight excluding hydrogens is 469 g/mol. The molecule has 36 heavy (non-hydrogen) atoms. The number of hydrogen-bond acceptors (Lipinski definition) is 4.